The Bertz CT molecular complexity index is 213. The maximum absolute atomic E-state index is 5.85. The number of hydrazine groups is 1. The van der Waals surface area contributed by atoms with Crippen LogP contribution in [0.25, 0.3) is 0 Å². The minimum atomic E-state index is 0.472. The molecule has 2 aliphatic rings. The summed E-state index contributed by atoms with van der Waals surface area (Å²) in [6, 6.07) is 0.558. The molecule has 3 N–H and O–H groups in total. The zero-order valence-electron chi connectivity index (χ0n) is 11.0. The Morgan fingerprint density at radius 1 is 1.12 bits per heavy atom. The van der Waals surface area contributed by atoms with E-state index in [1.54, 1.807) is 0 Å². The predicted octanol–water partition coefficient (Wildman–Crippen LogP) is 3.22. The molecule has 0 heterocycles. The largest absolute Gasteiger partial charge is 0.271 e. The van der Waals surface area contributed by atoms with Crippen LogP contribution < -0.4 is 11.3 Å². The molecule has 0 aromatic carbocycles. The third-order valence-electron chi connectivity index (χ3n) is 5.21. The fraction of sp³-hybridized carbons (Fsp3) is 1.00. The Balaban J connectivity index is 1.99. The minimum Gasteiger partial charge on any atom is -0.271 e. The van der Waals surface area contributed by atoms with Gasteiger partial charge in [0.05, 0.1) is 0 Å². The van der Waals surface area contributed by atoms with Crippen LogP contribution in [-0.2, 0) is 0 Å². The Labute approximate surface area is 100 Å². The van der Waals surface area contributed by atoms with Crippen molar-refractivity contribution in [3.63, 3.8) is 0 Å². The van der Waals surface area contributed by atoms with E-state index in [1.807, 2.05) is 0 Å². The van der Waals surface area contributed by atoms with E-state index in [-0.39, 0.29) is 0 Å². The smallest absolute Gasteiger partial charge is 0.0292 e. The number of nitrogens with one attached hydrogen (secondary N) is 1. The van der Waals surface area contributed by atoms with Crippen molar-refractivity contribution < 1.29 is 0 Å². The maximum Gasteiger partial charge on any atom is 0.0292 e. The molecule has 16 heavy (non-hydrogen) atoms. The van der Waals surface area contributed by atoms with Gasteiger partial charge in [-0.25, -0.2) is 0 Å². The van der Waals surface area contributed by atoms with E-state index in [2.05, 4.69) is 19.3 Å². The quantitative estimate of drug-likeness (QED) is 0.570. The van der Waals surface area contributed by atoms with Crippen LogP contribution in [-0.4, -0.2) is 6.04 Å². The molecule has 2 aliphatic carbocycles. The summed E-state index contributed by atoms with van der Waals surface area (Å²) in [6.45, 7) is 4.83. The van der Waals surface area contributed by atoms with E-state index in [1.165, 1.54) is 51.4 Å². The molecule has 1 unspecified atom stereocenters. The van der Waals surface area contributed by atoms with Gasteiger partial charge in [-0.1, -0.05) is 39.5 Å². The molecule has 2 saturated carbocycles. The lowest BCUT2D eigenvalue weighted by atomic mass is 9.69. The summed E-state index contributed by atoms with van der Waals surface area (Å²) < 4.78 is 0. The fourth-order valence-electron chi connectivity index (χ4n) is 4.02. The molecule has 0 spiro atoms. The molecule has 2 rings (SSSR count). The first-order chi connectivity index (χ1) is 7.65. The molecule has 2 fully saturated rings. The van der Waals surface area contributed by atoms with Gasteiger partial charge in [0.25, 0.3) is 0 Å². The summed E-state index contributed by atoms with van der Waals surface area (Å²) in [5.74, 6) is 7.61. The van der Waals surface area contributed by atoms with Crippen LogP contribution in [0.4, 0.5) is 0 Å². The van der Waals surface area contributed by atoms with E-state index in [0.29, 0.717) is 11.5 Å². The second-order valence-corrected chi connectivity index (χ2v) is 6.53. The van der Waals surface area contributed by atoms with Crippen molar-refractivity contribution in [3.05, 3.63) is 0 Å². The predicted molar refractivity (Wildman–Crippen MR) is 68.8 cm³/mol. The molecular formula is C14H28N2. The van der Waals surface area contributed by atoms with Crippen LogP contribution in [0.3, 0.4) is 0 Å². The van der Waals surface area contributed by atoms with Gasteiger partial charge in [-0.05, 0) is 42.9 Å². The monoisotopic (exact) mass is 224 g/mol. The Morgan fingerprint density at radius 3 is 2.19 bits per heavy atom. The lowest BCUT2D eigenvalue weighted by Crippen LogP contribution is -2.51. The van der Waals surface area contributed by atoms with Crippen molar-refractivity contribution >= 4 is 0 Å². The average molecular weight is 224 g/mol. The van der Waals surface area contributed by atoms with Gasteiger partial charge >= 0.3 is 0 Å². The van der Waals surface area contributed by atoms with Crippen molar-refractivity contribution in [2.45, 2.75) is 71.3 Å². The van der Waals surface area contributed by atoms with E-state index in [9.17, 15) is 0 Å². The van der Waals surface area contributed by atoms with Crippen molar-refractivity contribution in [2.75, 3.05) is 0 Å². The highest BCUT2D eigenvalue weighted by molar-refractivity contribution is 4.95. The summed E-state index contributed by atoms with van der Waals surface area (Å²) in [5.41, 5.74) is 3.64. The van der Waals surface area contributed by atoms with Gasteiger partial charge in [0.2, 0.25) is 0 Å². The second-order valence-electron chi connectivity index (χ2n) is 6.53. The molecule has 0 radical (unpaired) electrons. The lowest BCUT2D eigenvalue weighted by Gasteiger charge is -2.41. The maximum atomic E-state index is 5.85. The van der Waals surface area contributed by atoms with E-state index in [4.69, 9.17) is 5.84 Å². The van der Waals surface area contributed by atoms with Crippen molar-refractivity contribution in [1.29, 1.82) is 0 Å². The summed E-state index contributed by atoms with van der Waals surface area (Å²) in [6.07, 6.45) is 11.1. The normalized spacial score (nSPS) is 36.2. The molecular weight excluding hydrogens is 196 g/mol. The zero-order valence-corrected chi connectivity index (χ0v) is 11.0. The van der Waals surface area contributed by atoms with Gasteiger partial charge in [0, 0.05) is 6.04 Å². The van der Waals surface area contributed by atoms with Gasteiger partial charge in [0.15, 0.2) is 0 Å². The van der Waals surface area contributed by atoms with E-state index in [0.717, 1.165) is 11.8 Å². The Kier molecular flexibility index (Phi) is 3.91. The molecule has 0 aromatic rings. The van der Waals surface area contributed by atoms with Gasteiger partial charge in [-0.3, -0.25) is 11.3 Å². The van der Waals surface area contributed by atoms with Crippen LogP contribution >= 0.6 is 0 Å². The SMILES string of the molecule is CC1CCC(C(NN)C2(C)CCCC2)CC1. The molecule has 0 aliphatic heterocycles. The van der Waals surface area contributed by atoms with Crippen molar-refractivity contribution in [2.24, 2.45) is 23.1 Å². The van der Waals surface area contributed by atoms with E-state index >= 15 is 0 Å². The summed E-state index contributed by atoms with van der Waals surface area (Å²) in [7, 11) is 0. The molecule has 94 valence electrons. The standard InChI is InChI=1S/C14H28N2/c1-11-5-7-12(8-6-11)13(16-15)14(2)9-3-4-10-14/h11-13,16H,3-10,15H2,1-2H3. The fourth-order valence-corrected chi connectivity index (χ4v) is 4.02. The molecule has 0 bridgehead atoms. The highest BCUT2D eigenvalue weighted by atomic mass is 15.2. The van der Waals surface area contributed by atoms with Crippen LogP contribution in [0.1, 0.15) is 65.2 Å². The Morgan fingerprint density at radius 2 is 1.69 bits per heavy atom. The first-order valence-corrected chi connectivity index (χ1v) is 7.12. The van der Waals surface area contributed by atoms with Crippen LogP contribution in [0.2, 0.25) is 0 Å². The third kappa shape index (κ3) is 2.43. The summed E-state index contributed by atoms with van der Waals surface area (Å²) >= 11 is 0. The lowest BCUT2D eigenvalue weighted by molar-refractivity contribution is 0.120. The summed E-state index contributed by atoms with van der Waals surface area (Å²) in [4.78, 5) is 0. The molecule has 1 atom stereocenters. The molecule has 2 nitrogen and oxygen atoms in total. The first-order valence-electron chi connectivity index (χ1n) is 7.12. The van der Waals surface area contributed by atoms with Crippen LogP contribution in [0.5, 0.6) is 0 Å². The number of hydrogen-bond donors (Lipinski definition) is 2. The van der Waals surface area contributed by atoms with Gasteiger partial charge in [-0.2, -0.15) is 0 Å². The minimum absolute atomic E-state index is 0.472. The summed E-state index contributed by atoms with van der Waals surface area (Å²) in [5, 5.41) is 0. The topological polar surface area (TPSA) is 38.0 Å². The number of hydrogen-bond acceptors (Lipinski definition) is 2. The number of nitrogens with two attached hydrogens (primary N) is 1. The highest BCUT2D eigenvalue weighted by Gasteiger charge is 2.41. The molecule has 0 amide bonds. The zero-order chi connectivity index (χ0) is 11.6. The van der Waals surface area contributed by atoms with Crippen molar-refractivity contribution in [1.82, 2.24) is 5.43 Å². The first kappa shape index (κ1) is 12.4. The number of rotatable bonds is 3. The third-order valence-corrected chi connectivity index (χ3v) is 5.21. The van der Waals surface area contributed by atoms with Gasteiger partial charge in [0.1, 0.15) is 0 Å². The van der Waals surface area contributed by atoms with Gasteiger partial charge < -0.3 is 0 Å². The molecule has 2 heteroatoms. The second kappa shape index (κ2) is 5.05. The van der Waals surface area contributed by atoms with Gasteiger partial charge in [-0.15, -0.1) is 0 Å². The molecule has 0 aromatic heterocycles. The molecule has 0 saturated heterocycles. The van der Waals surface area contributed by atoms with Crippen LogP contribution in [0.15, 0.2) is 0 Å². The Hall–Kier alpha value is -0.0800. The van der Waals surface area contributed by atoms with E-state index < -0.39 is 0 Å². The van der Waals surface area contributed by atoms with Crippen LogP contribution in [0, 0.1) is 17.3 Å². The van der Waals surface area contributed by atoms with Crippen molar-refractivity contribution in [3.8, 4) is 0 Å². The highest BCUT2D eigenvalue weighted by Crippen LogP contribution is 2.45. The average Bonchev–Trinajstić information content (AvgIpc) is 2.70.